The highest BCUT2D eigenvalue weighted by Crippen LogP contribution is 2.42. The van der Waals surface area contributed by atoms with Gasteiger partial charge in [-0.15, -0.1) is 0 Å². The maximum atomic E-state index is 12.9. The highest BCUT2D eigenvalue weighted by molar-refractivity contribution is 6.06. The number of carbonyl (C=O) groups is 1. The van der Waals surface area contributed by atoms with Crippen LogP contribution in [0, 0.1) is 18.3 Å². The molecule has 1 heterocycles. The van der Waals surface area contributed by atoms with Crippen LogP contribution in [0.4, 0.5) is 0 Å². The Kier molecular flexibility index (Phi) is 8.32. The van der Waals surface area contributed by atoms with E-state index in [1.165, 1.54) is 16.7 Å². The second-order valence-corrected chi connectivity index (χ2v) is 8.94. The van der Waals surface area contributed by atoms with E-state index in [0.29, 0.717) is 17.2 Å². The van der Waals surface area contributed by atoms with Gasteiger partial charge in [-0.1, -0.05) is 57.5 Å². The number of carbonyl (C=O) groups excluding carboxylic acids is 1. The molecular weight excluding hydrogens is 408 g/mol. The van der Waals surface area contributed by atoms with E-state index in [0.717, 1.165) is 43.5 Å². The molecule has 0 bridgehead atoms. The van der Waals surface area contributed by atoms with Gasteiger partial charge in [-0.3, -0.25) is 10.2 Å². The first kappa shape index (κ1) is 24.6. The average Bonchev–Trinajstić information content (AvgIpc) is 3.13. The smallest absolute Gasteiger partial charge is 0.258 e. The Labute approximate surface area is 198 Å². The standard InChI is InChI=1S/C28H38N4O/c1-6-9-13-30-14-12-26(29)31-19(5)27-24-17-23(21(8-3)16-25(24)32-28(27)33)22-15-20(7-2)11-10-18(22)4/h10-12,14-17,21,23,30H,6-9,13H2,1-5H3,(H2,29,31)(H,32,33)/b14-12-,27-19-. The molecule has 3 rings (SSSR count). The predicted molar refractivity (Wildman–Crippen MR) is 137 cm³/mol. The van der Waals surface area contributed by atoms with E-state index in [1.807, 2.05) is 6.92 Å². The molecule has 2 aliphatic rings. The van der Waals surface area contributed by atoms with Crippen molar-refractivity contribution in [3.63, 3.8) is 0 Å². The molecule has 0 radical (unpaired) electrons. The van der Waals surface area contributed by atoms with Crippen LogP contribution in [-0.4, -0.2) is 18.3 Å². The van der Waals surface area contributed by atoms with Crippen molar-refractivity contribution in [2.75, 3.05) is 6.54 Å². The summed E-state index contributed by atoms with van der Waals surface area (Å²) >= 11 is 0. The Morgan fingerprint density at radius 2 is 2.00 bits per heavy atom. The van der Waals surface area contributed by atoms with Crippen LogP contribution in [0.5, 0.6) is 0 Å². The van der Waals surface area contributed by atoms with E-state index in [4.69, 9.17) is 5.41 Å². The van der Waals surface area contributed by atoms with Gasteiger partial charge in [0.05, 0.1) is 5.57 Å². The largest absolute Gasteiger partial charge is 0.391 e. The number of fused-ring (bicyclic) bond motifs is 1. The van der Waals surface area contributed by atoms with Gasteiger partial charge in [-0.2, -0.15) is 0 Å². The minimum absolute atomic E-state index is 0.107. The lowest BCUT2D eigenvalue weighted by atomic mass is 9.76. The number of aryl methyl sites for hydroxylation is 2. The molecule has 1 aliphatic heterocycles. The van der Waals surface area contributed by atoms with E-state index >= 15 is 0 Å². The van der Waals surface area contributed by atoms with Crippen molar-refractivity contribution in [2.45, 2.75) is 66.2 Å². The van der Waals surface area contributed by atoms with Crippen LogP contribution >= 0.6 is 0 Å². The van der Waals surface area contributed by atoms with E-state index in [-0.39, 0.29) is 17.7 Å². The zero-order valence-corrected chi connectivity index (χ0v) is 20.6. The summed E-state index contributed by atoms with van der Waals surface area (Å²) in [6, 6.07) is 6.74. The Morgan fingerprint density at radius 1 is 1.21 bits per heavy atom. The molecule has 4 N–H and O–H groups in total. The lowest BCUT2D eigenvalue weighted by Gasteiger charge is -2.28. The predicted octanol–water partition coefficient (Wildman–Crippen LogP) is 5.37. The number of unbranched alkanes of at least 4 members (excludes halogenated alkanes) is 1. The van der Waals surface area contributed by atoms with E-state index < -0.39 is 0 Å². The Morgan fingerprint density at radius 3 is 2.70 bits per heavy atom. The van der Waals surface area contributed by atoms with Gasteiger partial charge < -0.3 is 16.0 Å². The van der Waals surface area contributed by atoms with Crippen molar-refractivity contribution < 1.29 is 4.79 Å². The maximum Gasteiger partial charge on any atom is 0.258 e. The lowest BCUT2D eigenvalue weighted by molar-refractivity contribution is -0.115. The van der Waals surface area contributed by atoms with Gasteiger partial charge >= 0.3 is 0 Å². The second kappa shape index (κ2) is 11.2. The number of benzene rings is 1. The fourth-order valence-electron chi connectivity index (χ4n) is 4.58. The summed E-state index contributed by atoms with van der Waals surface area (Å²) in [6.07, 6.45) is 12.2. The number of hydrogen-bond acceptors (Lipinski definition) is 3. The van der Waals surface area contributed by atoms with Gasteiger partial charge in [-0.25, -0.2) is 0 Å². The van der Waals surface area contributed by atoms with E-state index in [2.05, 4.69) is 74.0 Å². The molecule has 2 atom stereocenters. The highest BCUT2D eigenvalue weighted by atomic mass is 16.2. The zero-order chi connectivity index (χ0) is 24.0. The Balaban J connectivity index is 1.90. The normalized spacial score (nSPS) is 21.3. The molecule has 176 valence electrons. The molecule has 0 spiro atoms. The summed E-state index contributed by atoms with van der Waals surface area (Å²) in [6.45, 7) is 11.5. The number of nitrogens with one attached hydrogen (secondary N) is 4. The van der Waals surface area contributed by atoms with Crippen molar-refractivity contribution in [1.29, 1.82) is 5.41 Å². The summed E-state index contributed by atoms with van der Waals surface area (Å²) in [5.41, 5.74) is 7.11. The first-order chi connectivity index (χ1) is 15.9. The third-order valence-electron chi connectivity index (χ3n) is 6.55. The van der Waals surface area contributed by atoms with E-state index in [9.17, 15) is 4.79 Å². The van der Waals surface area contributed by atoms with Crippen LogP contribution in [0.25, 0.3) is 0 Å². The molecule has 2 unspecified atom stereocenters. The SMILES string of the molecule is CCCCN/C=C\C(=N)N/C(C)=C1\C(=O)NC2=CC(CC)C(c3cc(CC)ccc3C)C=C21. The van der Waals surface area contributed by atoms with Crippen molar-refractivity contribution in [1.82, 2.24) is 16.0 Å². The molecule has 5 nitrogen and oxygen atoms in total. The number of hydrogen-bond donors (Lipinski definition) is 4. The van der Waals surface area contributed by atoms with E-state index in [1.54, 1.807) is 12.3 Å². The third kappa shape index (κ3) is 5.65. The number of amidine groups is 1. The first-order valence-corrected chi connectivity index (χ1v) is 12.2. The van der Waals surface area contributed by atoms with Gasteiger partial charge in [0.2, 0.25) is 0 Å². The molecule has 1 fully saturated rings. The molecule has 33 heavy (non-hydrogen) atoms. The van der Waals surface area contributed by atoms with Gasteiger partial charge in [0.1, 0.15) is 5.84 Å². The summed E-state index contributed by atoms with van der Waals surface area (Å²) in [5, 5.41) is 17.6. The van der Waals surface area contributed by atoms with Crippen molar-refractivity contribution in [2.24, 2.45) is 5.92 Å². The van der Waals surface area contributed by atoms with Crippen LogP contribution in [0.1, 0.15) is 69.6 Å². The molecule has 1 saturated heterocycles. The first-order valence-electron chi connectivity index (χ1n) is 12.2. The summed E-state index contributed by atoms with van der Waals surface area (Å²) in [4.78, 5) is 12.9. The minimum atomic E-state index is -0.107. The molecule has 1 aliphatic carbocycles. The number of rotatable bonds is 9. The fourth-order valence-corrected chi connectivity index (χ4v) is 4.58. The van der Waals surface area contributed by atoms with Crippen molar-refractivity contribution >= 4 is 11.7 Å². The Bertz CT molecular complexity index is 1030. The zero-order valence-electron chi connectivity index (χ0n) is 20.6. The molecule has 1 aromatic rings. The molecule has 1 aromatic carbocycles. The van der Waals surface area contributed by atoms with Gasteiger partial charge in [0.25, 0.3) is 5.91 Å². The van der Waals surface area contributed by atoms with Crippen LogP contribution in [-0.2, 0) is 11.2 Å². The van der Waals surface area contributed by atoms with Crippen molar-refractivity contribution in [3.8, 4) is 0 Å². The van der Waals surface area contributed by atoms with Gasteiger partial charge in [0.15, 0.2) is 0 Å². The van der Waals surface area contributed by atoms with Gasteiger partial charge in [0, 0.05) is 35.6 Å². The fraction of sp³-hybridized carbons (Fsp3) is 0.429. The lowest BCUT2D eigenvalue weighted by Crippen LogP contribution is -2.23. The number of allylic oxidation sites excluding steroid dienone is 4. The van der Waals surface area contributed by atoms with Crippen LogP contribution in [0.15, 0.2) is 65.2 Å². The summed E-state index contributed by atoms with van der Waals surface area (Å²) in [7, 11) is 0. The van der Waals surface area contributed by atoms with Crippen molar-refractivity contribution in [3.05, 3.63) is 81.9 Å². The van der Waals surface area contributed by atoms with Crippen LogP contribution in [0.3, 0.4) is 0 Å². The monoisotopic (exact) mass is 446 g/mol. The average molecular weight is 447 g/mol. The molecular formula is C28H38N4O. The summed E-state index contributed by atoms with van der Waals surface area (Å²) < 4.78 is 0. The topological polar surface area (TPSA) is 77.0 Å². The molecule has 1 amide bonds. The number of amides is 1. The second-order valence-electron chi connectivity index (χ2n) is 8.94. The summed E-state index contributed by atoms with van der Waals surface area (Å²) in [5.74, 6) is 0.695. The molecule has 5 heteroatoms. The Hall–Kier alpha value is -3.08. The highest BCUT2D eigenvalue weighted by Gasteiger charge is 2.35. The quantitative estimate of drug-likeness (QED) is 0.178. The third-order valence-corrected chi connectivity index (χ3v) is 6.55. The molecule has 0 aromatic heterocycles. The van der Waals surface area contributed by atoms with Gasteiger partial charge in [-0.05, 0) is 61.8 Å². The van der Waals surface area contributed by atoms with Crippen LogP contribution < -0.4 is 16.0 Å². The molecule has 0 saturated carbocycles. The van der Waals surface area contributed by atoms with Crippen LogP contribution in [0.2, 0.25) is 0 Å². The minimum Gasteiger partial charge on any atom is -0.391 e. The maximum absolute atomic E-state index is 12.9.